The van der Waals surface area contributed by atoms with Crippen LogP contribution < -0.4 is 11.1 Å². The Morgan fingerprint density at radius 1 is 1.24 bits per heavy atom. The lowest BCUT2D eigenvalue weighted by atomic mass is 10.0. The van der Waals surface area contributed by atoms with Crippen LogP contribution in [0.25, 0.3) is 0 Å². The standard InChI is InChI=1S/C16H23BrN2O.ClH/c17-14-7-5-6-13(12-14)16(9-10-16)19-15(20)8-3-1-2-4-11-18;/h5-7,12H,1-4,8-11,18H2,(H,19,20);1H. The van der Waals surface area contributed by atoms with Crippen LogP contribution in [0.5, 0.6) is 0 Å². The smallest absolute Gasteiger partial charge is 0.220 e. The molecule has 1 aromatic rings. The molecule has 1 amide bonds. The number of unbranched alkanes of at least 4 members (excludes halogenated alkanes) is 3. The highest BCUT2D eigenvalue weighted by Gasteiger charge is 2.45. The number of halogens is 2. The molecule has 0 spiro atoms. The number of hydrogen-bond donors (Lipinski definition) is 2. The first-order valence-corrected chi connectivity index (χ1v) is 8.23. The van der Waals surface area contributed by atoms with Gasteiger partial charge in [-0.1, -0.05) is 40.9 Å². The van der Waals surface area contributed by atoms with Gasteiger partial charge in [-0.15, -0.1) is 12.4 Å². The van der Waals surface area contributed by atoms with Gasteiger partial charge in [-0.05, 0) is 49.9 Å². The van der Waals surface area contributed by atoms with Crippen molar-refractivity contribution in [3.63, 3.8) is 0 Å². The highest BCUT2D eigenvalue weighted by atomic mass is 79.9. The van der Waals surface area contributed by atoms with E-state index in [0.717, 1.165) is 49.5 Å². The minimum atomic E-state index is -0.0991. The van der Waals surface area contributed by atoms with Crippen LogP contribution in [-0.4, -0.2) is 12.5 Å². The van der Waals surface area contributed by atoms with Crippen LogP contribution in [0.4, 0.5) is 0 Å². The number of benzene rings is 1. The zero-order valence-corrected chi connectivity index (χ0v) is 14.6. The fourth-order valence-electron chi connectivity index (χ4n) is 2.51. The van der Waals surface area contributed by atoms with Crippen molar-refractivity contribution >= 4 is 34.2 Å². The third-order valence-electron chi connectivity index (χ3n) is 3.86. The number of nitrogens with one attached hydrogen (secondary N) is 1. The molecular weight excluding hydrogens is 352 g/mol. The molecule has 3 nitrogen and oxygen atoms in total. The number of carbonyl (C=O) groups is 1. The van der Waals surface area contributed by atoms with E-state index >= 15 is 0 Å². The molecule has 1 fully saturated rings. The van der Waals surface area contributed by atoms with Crippen molar-refractivity contribution in [2.45, 2.75) is 50.5 Å². The molecule has 0 heterocycles. The highest BCUT2D eigenvalue weighted by molar-refractivity contribution is 9.10. The maximum atomic E-state index is 12.0. The summed E-state index contributed by atoms with van der Waals surface area (Å²) < 4.78 is 1.07. The van der Waals surface area contributed by atoms with E-state index in [1.54, 1.807) is 0 Å². The lowest BCUT2D eigenvalue weighted by Crippen LogP contribution is -2.34. The average molecular weight is 376 g/mol. The third kappa shape index (κ3) is 5.61. The molecule has 0 atom stereocenters. The highest BCUT2D eigenvalue weighted by Crippen LogP contribution is 2.46. The SMILES string of the molecule is Cl.NCCCCCCC(=O)NC1(c2cccc(Br)c2)CC1. The minimum Gasteiger partial charge on any atom is -0.347 e. The Kier molecular flexibility index (Phi) is 7.71. The monoisotopic (exact) mass is 374 g/mol. The van der Waals surface area contributed by atoms with E-state index in [9.17, 15) is 4.79 Å². The van der Waals surface area contributed by atoms with Crippen molar-refractivity contribution in [2.24, 2.45) is 5.73 Å². The summed E-state index contributed by atoms with van der Waals surface area (Å²) in [5, 5.41) is 3.22. The zero-order valence-electron chi connectivity index (χ0n) is 12.2. The molecule has 118 valence electrons. The van der Waals surface area contributed by atoms with Crippen molar-refractivity contribution in [3.8, 4) is 0 Å². The van der Waals surface area contributed by atoms with E-state index < -0.39 is 0 Å². The molecule has 0 saturated heterocycles. The Bertz CT molecular complexity index is 463. The van der Waals surface area contributed by atoms with Crippen molar-refractivity contribution in [3.05, 3.63) is 34.3 Å². The van der Waals surface area contributed by atoms with Crippen LogP contribution in [0.2, 0.25) is 0 Å². The van der Waals surface area contributed by atoms with Crippen molar-refractivity contribution in [1.82, 2.24) is 5.32 Å². The number of nitrogens with two attached hydrogens (primary N) is 1. The number of rotatable bonds is 8. The fraction of sp³-hybridized carbons (Fsp3) is 0.562. The van der Waals surface area contributed by atoms with Gasteiger partial charge in [0.2, 0.25) is 5.91 Å². The Hall–Kier alpha value is -0.580. The number of amides is 1. The van der Waals surface area contributed by atoms with Gasteiger partial charge in [0, 0.05) is 10.9 Å². The van der Waals surface area contributed by atoms with E-state index in [4.69, 9.17) is 5.73 Å². The molecule has 1 saturated carbocycles. The summed E-state index contributed by atoms with van der Waals surface area (Å²) in [6.07, 6.45) is 6.95. The molecule has 0 unspecified atom stereocenters. The van der Waals surface area contributed by atoms with Crippen LogP contribution in [0.1, 0.15) is 50.5 Å². The maximum absolute atomic E-state index is 12.0. The van der Waals surface area contributed by atoms with Crippen LogP contribution in [-0.2, 0) is 10.3 Å². The molecule has 1 aromatic carbocycles. The summed E-state index contributed by atoms with van der Waals surface area (Å²) in [7, 11) is 0. The Balaban J connectivity index is 0.00000220. The molecule has 21 heavy (non-hydrogen) atoms. The van der Waals surface area contributed by atoms with Gasteiger partial charge in [0.15, 0.2) is 0 Å². The molecule has 1 aliphatic rings. The second-order valence-electron chi connectivity index (χ2n) is 5.59. The van der Waals surface area contributed by atoms with Gasteiger partial charge in [-0.3, -0.25) is 4.79 Å². The van der Waals surface area contributed by atoms with E-state index in [2.05, 4.69) is 33.4 Å². The Morgan fingerprint density at radius 2 is 1.95 bits per heavy atom. The molecule has 0 aliphatic heterocycles. The van der Waals surface area contributed by atoms with E-state index in [1.807, 2.05) is 12.1 Å². The van der Waals surface area contributed by atoms with Crippen molar-refractivity contribution < 1.29 is 4.79 Å². The van der Waals surface area contributed by atoms with Gasteiger partial charge < -0.3 is 11.1 Å². The second kappa shape index (κ2) is 8.76. The van der Waals surface area contributed by atoms with Gasteiger partial charge in [-0.2, -0.15) is 0 Å². The average Bonchev–Trinajstić information content (AvgIpc) is 3.19. The normalized spacial score (nSPS) is 15.1. The molecule has 5 heteroatoms. The van der Waals surface area contributed by atoms with Gasteiger partial charge in [0.25, 0.3) is 0 Å². The minimum absolute atomic E-state index is 0. The van der Waals surface area contributed by atoms with Crippen LogP contribution in [0, 0.1) is 0 Å². The van der Waals surface area contributed by atoms with Crippen molar-refractivity contribution in [2.75, 3.05) is 6.54 Å². The first-order valence-electron chi connectivity index (χ1n) is 7.43. The van der Waals surface area contributed by atoms with Crippen LogP contribution >= 0.6 is 28.3 Å². The van der Waals surface area contributed by atoms with Gasteiger partial charge in [0.05, 0.1) is 5.54 Å². The molecule has 0 radical (unpaired) electrons. The van der Waals surface area contributed by atoms with Crippen molar-refractivity contribution in [1.29, 1.82) is 0 Å². The van der Waals surface area contributed by atoms with E-state index in [-0.39, 0.29) is 23.9 Å². The predicted octanol–water partition coefficient (Wildman–Crippen LogP) is 3.89. The molecule has 0 aromatic heterocycles. The summed E-state index contributed by atoms with van der Waals surface area (Å²) in [6.45, 7) is 0.748. The van der Waals surface area contributed by atoms with Gasteiger partial charge in [-0.25, -0.2) is 0 Å². The fourth-order valence-corrected chi connectivity index (χ4v) is 2.91. The number of carbonyl (C=O) groups excluding carboxylic acids is 1. The Labute approximate surface area is 141 Å². The van der Waals surface area contributed by atoms with Crippen LogP contribution in [0.3, 0.4) is 0 Å². The van der Waals surface area contributed by atoms with Gasteiger partial charge in [0.1, 0.15) is 0 Å². The molecule has 3 N–H and O–H groups in total. The largest absolute Gasteiger partial charge is 0.347 e. The molecule has 0 bridgehead atoms. The maximum Gasteiger partial charge on any atom is 0.220 e. The first kappa shape index (κ1) is 18.5. The number of hydrogen-bond acceptors (Lipinski definition) is 2. The van der Waals surface area contributed by atoms with Crippen LogP contribution in [0.15, 0.2) is 28.7 Å². The summed E-state index contributed by atoms with van der Waals surface area (Å²) in [4.78, 5) is 12.0. The van der Waals surface area contributed by atoms with E-state index in [1.165, 1.54) is 5.56 Å². The lowest BCUT2D eigenvalue weighted by molar-refractivity contribution is -0.122. The first-order chi connectivity index (χ1) is 9.66. The molecule has 2 rings (SSSR count). The third-order valence-corrected chi connectivity index (χ3v) is 4.36. The van der Waals surface area contributed by atoms with E-state index in [0.29, 0.717) is 6.42 Å². The lowest BCUT2D eigenvalue weighted by Gasteiger charge is -2.18. The topological polar surface area (TPSA) is 55.1 Å². The Morgan fingerprint density at radius 3 is 2.57 bits per heavy atom. The second-order valence-corrected chi connectivity index (χ2v) is 6.51. The summed E-state index contributed by atoms with van der Waals surface area (Å²) in [6, 6.07) is 8.24. The molecular formula is C16H24BrClN2O. The van der Waals surface area contributed by atoms with Gasteiger partial charge >= 0.3 is 0 Å². The quantitative estimate of drug-likeness (QED) is 0.677. The summed E-state index contributed by atoms with van der Waals surface area (Å²) in [5.41, 5.74) is 6.57. The predicted molar refractivity (Wildman–Crippen MR) is 92.6 cm³/mol. The molecule has 1 aliphatic carbocycles. The summed E-state index contributed by atoms with van der Waals surface area (Å²) in [5.74, 6) is 0.176. The zero-order chi connectivity index (χ0) is 14.4. The summed E-state index contributed by atoms with van der Waals surface area (Å²) >= 11 is 3.49.